The van der Waals surface area contributed by atoms with Crippen molar-refractivity contribution in [3.63, 3.8) is 0 Å². The Bertz CT molecular complexity index is 223. The summed E-state index contributed by atoms with van der Waals surface area (Å²) in [5.74, 6) is 1.82. The van der Waals surface area contributed by atoms with Crippen LogP contribution in [0.2, 0.25) is 0 Å². The van der Waals surface area contributed by atoms with E-state index in [0.717, 1.165) is 24.5 Å². The molecule has 0 amide bonds. The summed E-state index contributed by atoms with van der Waals surface area (Å²) in [6.07, 6.45) is 11.3. The predicted octanol–water partition coefficient (Wildman–Crippen LogP) is 3.75. The third-order valence-electron chi connectivity index (χ3n) is 4.78. The molecular weight excluding hydrogens is 222 g/mol. The minimum Gasteiger partial charge on any atom is -0.378 e. The van der Waals surface area contributed by atoms with Crippen LogP contribution in [0.5, 0.6) is 0 Å². The molecule has 0 aromatic heterocycles. The SMILES string of the molecule is CCCNC1CCC(C)CC1CCC1CCCO1. The summed E-state index contributed by atoms with van der Waals surface area (Å²) in [5, 5.41) is 3.78. The van der Waals surface area contributed by atoms with Gasteiger partial charge in [0.05, 0.1) is 6.10 Å². The van der Waals surface area contributed by atoms with Gasteiger partial charge in [0.25, 0.3) is 0 Å². The van der Waals surface area contributed by atoms with Crippen LogP contribution in [0.1, 0.15) is 65.2 Å². The van der Waals surface area contributed by atoms with Crippen molar-refractivity contribution in [2.24, 2.45) is 11.8 Å². The lowest BCUT2D eigenvalue weighted by Gasteiger charge is -2.36. The van der Waals surface area contributed by atoms with Crippen LogP contribution < -0.4 is 5.32 Å². The van der Waals surface area contributed by atoms with Crippen molar-refractivity contribution in [1.82, 2.24) is 5.32 Å². The minimum atomic E-state index is 0.578. The van der Waals surface area contributed by atoms with Crippen LogP contribution >= 0.6 is 0 Å². The standard InChI is InChI=1S/C16H31NO/c1-3-10-17-16-9-6-13(2)12-14(16)7-8-15-5-4-11-18-15/h13-17H,3-12H2,1-2H3. The third kappa shape index (κ3) is 4.24. The molecule has 106 valence electrons. The topological polar surface area (TPSA) is 21.3 Å². The van der Waals surface area contributed by atoms with E-state index in [9.17, 15) is 0 Å². The number of rotatable bonds is 6. The number of hydrogen-bond acceptors (Lipinski definition) is 2. The average molecular weight is 253 g/mol. The van der Waals surface area contributed by atoms with Crippen molar-refractivity contribution in [3.05, 3.63) is 0 Å². The number of nitrogens with one attached hydrogen (secondary N) is 1. The number of ether oxygens (including phenoxy) is 1. The predicted molar refractivity (Wildman–Crippen MR) is 76.8 cm³/mol. The zero-order valence-corrected chi connectivity index (χ0v) is 12.3. The van der Waals surface area contributed by atoms with E-state index < -0.39 is 0 Å². The summed E-state index contributed by atoms with van der Waals surface area (Å²) in [5.41, 5.74) is 0. The van der Waals surface area contributed by atoms with Gasteiger partial charge in [0.1, 0.15) is 0 Å². The molecule has 4 atom stereocenters. The Hall–Kier alpha value is -0.0800. The van der Waals surface area contributed by atoms with Crippen LogP contribution in [0.3, 0.4) is 0 Å². The zero-order chi connectivity index (χ0) is 12.8. The fourth-order valence-electron chi connectivity index (χ4n) is 3.69. The molecule has 2 heteroatoms. The second-order valence-corrected chi connectivity index (χ2v) is 6.45. The first kappa shape index (κ1) is 14.3. The van der Waals surface area contributed by atoms with Crippen molar-refractivity contribution in [2.75, 3.05) is 13.2 Å². The Morgan fingerprint density at radius 2 is 2.06 bits per heavy atom. The first-order valence-corrected chi connectivity index (χ1v) is 8.14. The highest BCUT2D eigenvalue weighted by Gasteiger charge is 2.29. The van der Waals surface area contributed by atoms with E-state index in [2.05, 4.69) is 19.2 Å². The summed E-state index contributed by atoms with van der Waals surface area (Å²) in [6, 6.07) is 0.780. The molecule has 0 radical (unpaired) electrons. The second-order valence-electron chi connectivity index (χ2n) is 6.45. The molecule has 2 aliphatic rings. The van der Waals surface area contributed by atoms with E-state index >= 15 is 0 Å². The van der Waals surface area contributed by atoms with Gasteiger partial charge in [-0.1, -0.05) is 13.8 Å². The molecule has 1 aliphatic carbocycles. The maximum Gasteiger partial charge on any atom is 0.0576 e. The third-order valence-corrected chi connectivity index (χ3v) is 4.78. The molecule has 18 heavy (non-hydrogen) atoms. The van der Waals surface area contributed by atoms with E-state index in [1.165, 1.54) is 57.9 Å². The molecule has 1 heterocycles. The van der Waals surface area contributed by atoms with Gasteiger partial charge in [0, 0.05) is 12.6 Å². The summed E-state index contributed by atoms with van der Waals surface area (Å²) in [7, 11) is 0. The van der Waals surface area contributed by atoms with Crippen molar-refractivity contribution in [2.45, 2.75) is 77.4 Å². The van der Waals surface area contributed by atoms with Crippen molar-refractivity contribution >= 4 is 0 Å². The highest BCUT2D eigenvalue weighted by molar-refractivity contribution is 4.84. The molecule has 1 saturated carbocycles. The maximum atomic E-state index is 5.77. The van der Waals surface area contributed by atoms with Crippen molar-refractivity contribution < 1.29 is 4.74 Å². The average Bonchev–Trinajstić information content (AvgIpc) is 2.88. The van der Waals surface area contributed by atoms with Gasteiger partial charge < -0.3 is 10.1 Å². The summed E-state index contributed by atoms with van der Waals surface area (Å²) < 4.78 is 5.77. The van der Waals surface area contributed by atoms with Gasteiger partial charge in [-0.15, -0.1) is 0 Å². The molecule has 0 spiro atoms. The second kappa shape index (κ2) is 7.49. The normalized spacial score (nSPS) is 37.0. The quantitative estimate of drug-likeness (QED) is 0.778. The molecule has 0 bridgehead atoms. The zero-order valence-electron chi connectivity index (χ0n) is 12.3. The lowest BCUT2D eigenvalue weighted by atomic mass is 9.76. The first-order valence-electron chi connectivity index (χ1n) is 8.14. The smallest absolute Gasteiger partial charge is 0.0576 e. The van der Waals surface area contributed by atoms with E-state index in [4.69, 9.17) is 4.74 Å². The fourth-order valence-corrected chi connectivity index (χ4v) is 3.69. The Labute approximate surface area is 113 Å². The number of hydrogen-bond donors (Lipinski definition) is 1. The van der Waals surface area contributed by atoms with Crippen LogP contribution in [0.25, 0.3) is 0 Å². The Morgan fingerprint density at radius 3 is 2.78 bits per heavy atom. The molecule has 0 aromatic rings. The van der Waals surface area contributed by atoms with E-state index in [1.54, 1.807) is 0 Å². The summed E-state index contributed by atoms with van der Waals surface area (Å²) in [4.78, 5) is 0. The molecule has 1 aliphatic heterocycles. The van der Waals surface area contributed by atoms with Gasteiger partial charge in [-0.25, -0.2) is 0 Å². The molecule has 1 N–H and O–H groups in total. The Balaban J connectivity index is 1.76. The maximum absolute atomic E-state index is 5.77. The van der Waals surface area contributed by atoms with Crippen molar-refractivity contribution in [3.8, 4) is 0 Å². The fraction of sp³-hybridized carbons (Fsp3) is 1.00. The lowest BCUT2D eigenvalue weighted by molar-refractivity contribution is 0.0896. The van der Waals surface area contributed by atoms with Crippen LogP contribution in [0.4, 0.5) is 0 Å². The van der Waals surface area contributed by atoms with Gasteiger partial charge in [0.2, 0.25) is 0 Å². The lowest BCUT2D eigenvalue weighted by Crippen LogP contribution is -2.41. The molecular formula is C16H31NO. The highest BCUT2D eigenvalue weighted by Crippen LogP contribution is 2.33. The van der Waals surface area contributed by atoms with Gasteiger partial charge in [-0.3, -0.25) is 0 Å². The molecule has 0 aromatic carbocycles. The Morgan fingerprint density at radius 1 is 1.17 bits per heavy atom. The van der Waals surface area contributed by atoms with Crippen LogP contribution in [-0.4, -0.2) is 25.3 Å². The van der Waals surface area contributed by atoms with Gasteiger partial charge in [-0.2, -0.15) is 0 Å². The Kier molecular flexibility index (Phi) is 5.97. The van der Waals surface area contributed by atoms with Gasteiger partial charge in [-0.05, 0) is 69.7 Å². The summed E-state index contributed by atoms with van der Waals surface area (Å²) in [6.45, 7) is 6.88. The molecule has 4 unspecified atom stereocenters. The van der Waals surface area contributed by atoms with E-state index in [1.807, 2.05) is 0 Å². The van der Waals surface area contributed by atoms with Crippen molar-refractivity contribution in [1.29, 1.82) is 0 Å². The molecule has 2 rings (SSSR count). The molecule has 1 saturated heterocycles. The minimum absolute atomic E-state index is 0.578. The largest absolute Gasteiger partial charge is 0.378 e. The highest BCUT2D eigenvalue weighted by atomic mass is 16.5. The van der Waals surface area contributed by atoms with Crippen LogP contribution in [0, 0.1) is 11.8 Å². The molecule has 2 fully saturated rings. The van der Waals surface area contributed by atoms with Crippen LogP contribution in [-0.2, 0) is 4.74 Å². The first-order chi connectivity index (χ1) is 8.79. The van der Waals surface area contributed by atoms with E-state index in [0.29, 0.717) is 6.10 Å². The monoisotopic (exact) mass is 253 g/mol. The molecule has 2 nitrogen and oxygen atoms in total. The van der Waals surface area contributed by atoms with Gasteiger partial charge >= 0.3 is 0 Å². The van der Waals surface area contributed by atoms with Gasteiger partial charge in [0.15, 0.2) is 0 Å². The van der Waals surface area contributed by atoms with E-state index in [-0.39, 0.29) is 0 Å². The van der Waals surface area contributed by atoms with Crippen LogP contribution in [0.15, 0.2) is 0 Å². The summed E-state index contributed by atoms with van der Waals surface area (Å²) >= 11 is 0.